The summed E-state index contributed by atoms with van der Waals surface area (Å²) >= 11 is 0. The van der Waals surface area contributed by atoms with Gasteiger partial charge in [-0.2, -0.15) is 0 Å². The second kappa shape index (κ2) is 15.4. The van der Waals surface area contributed by atoms with E-state index in [0.717, 1.165) is 12.8 Å². The Hall–Kier alpha value is -2.49. The third-order valence-corrected chi connectivity index (χ3v) is 4.37. The van der Waals surface area contributed by atoms with Gasteiger partial charge in [0.2, 0.25) is 11.8 Å². The molecule has 3 atom stereocenters. The highest BCUT2D eigenvalue weighted by Crippen LogP contribution is 2.08. The van der Waals surface area contributed by atoms with Crippen LogP contribution in [0.4, 0.5) is 0 Å². The van der Waals surface area contributed by atoms with E-state index in [9.17, 15) is 24.0 Å². The average molecular weight is 418 g/mol. The lowest BCUT2D eigenvalue weighted by Crippen LogP contribution is -2.42. The molecule has 10 nitrogen and oxygen atoms in total. The first-order chi connectivity index (χ1) is 13.0. The number of carboxylic acids is 2. The molecule has 0 aliphatic heterocycles. The second-order valence-corrected chi connectivity index (χ2v) is 6.84. The Morgan fingerprint density at radius 1 is 0.897 bits per heavy atom. The zero-order valence-corrected chi connectivity index (χ0v) is 16.4. The number of aliphatic carboxylic acids is 2. The van der Waals surface area contributed by atoms with Crippen molar-refractivity contribution in [2.45, 2.75) is 78.3 Å². The van der Waals surface area contributed by atoms with E-state index >= 15 is 0 Å². The van der Waals surface area contributed by atoms with E-state index in [1.54, 1.807) is 6.92 Å². The van der Waals surface area contributed by atoms with Crippen LogP contribution in [0, 0.1) is 5.92 Å². The summed E-state index contributed by atoms with van der Waals surface area (Å²) in [5.74, 6) is -3.34. The number of carbonyl (C=O) groups is 5. The van der Waals surface area contributed by atoms with Crippen molar-refractivity contribution in [3.05, 3.63) is 0 Å². The molecule has 0 aliphatic rings. The van der Waals surface area contributed by atoms with Crippen LogP contribution in [0.2, 0.25) is 0 Å². The molecule has 6 N–H and O–H groups in total. The standard InChI is InChI=1S/C18H31N3O7.CH4/c1-11(12(2)22)5-3-4-10-20-15(23)9-7-14(18(27)28)21-16(24)8-6-13(19)17(25)26;/h11,13-14H,3-10,19H2,1-2H3,(H,20,23)(H,21,24)(H,25,26)(H,27,28);1H4/t11-,13-,14-;/m0./s1. The zero-order valence-electron chi connectivity index (χ0n) is 16.4. The lowest BCUT2D eigenvalue weighted by atomic mass is 10.0. The van der Waals surface area contributed by atoms with E-state index in [4.69, 9.17) is 15.9 Å². The Bertz CT molecular complexity index is 566. The molecule has 0 saturated carbocycles. The van der Waals surface area contributed by atoms with Crippen LogP contribution in [0.3, 0.4) is 0 Å². The summed E-state index contributed by atoms with van der Waals surface area (Å²) in [7, 11) is 0. The number of rotatable bonds is 15. The van der Waals surface area contributed by atoms with Gasteiger partial charge in [0.1, 0.15) is 17.9 Å². The van der Waals surface area contributed by atoms with Crippen molar-refractivity contribution in [2.75, 3.05) is 6.54 Å². The minimum Gasteiger partial charge on any atom is -0.480 e. The highest BCUT2D eigenvalue weighted by atomic mass is 16.4. The molecule has 0 aromatic carbocycles. The van der Waals surface area contributed by atoms with E-state index in [0.29, 0.717) is 13.0 Å². The fourth-order valence-electron chi connectivity index (χ4n) is 2.30. The van der Waals surface area contributed by atoms with Crippen molar-refractivity contribution in [1.29, 1.82) is 0 Å². The summed E-state index contributed by atoms with van der Waals surface area (Å²) in [5.41, 5.74) is 5.29. The maximum Gasteiger partial charge on any atom is 0.326 e. The average Bonchev–Trinajstić information content (AvgIpc) is 2.61. The molecule has 0 bridgehead atoms. The third kappa shape index (κ3) is 14.2. The summed E-state index contributed by atoms with van der Waals surface area (Å²) in [6.45, 7) is 3.84. The lowest BCUT2D eigenvalue weighted by Gasteiger charge is -2.15. The number of hydrogen-bond donors (Lipinski definition) is 5. The van der Waals surface area contributed by atoms with E-state index in [1.165, 1.54) is 0 Å². The highest BCUT2D eigenvalue weighted by molar-refractivity contribution is 5.85. The van der Waals surface area contributed by atoms with Crippen LogP contribution in [0.15, 0.2) is 0 Å². The van der Waals surface area contributed by atoms with Crippen molar-refractivity contribution in [1.82, 2.24) is 10.6 Å². The first kappa shape index (κ1) is 28.7. The Morgan fingerprint density at radius 2 is 1.48 bits per heavy atom. The molecule has 0 fully saturated rings. The SMILES string of the molecule is C.CC(=O)[C@@H](C)CCCCNC(=O)CC[C@H](NC(=O)CC[C@H](N)C(=O)O)C(=O)O. The number of nitrogens with one attached hydrogen (secondary N) is 2. The topological polar surface area (TPSA) is 176 Å². The van der Waals surface area contributed by atoms with Gasteiger partial charge in [-0.3, -0.25) is 19.2 Å². The molecule has 10 heteroatoms. The predicted molar refractivity (Wildman–Crippen MR) is 107 cm³/mol. The fourth-order valence-corrected chi connectivity index (χ4v) is 2.30. The molecule has 0 aromatic rings. The Morgan fingerprint density at radius 3 is 2.00 bits per heavy atom. The molecule has 0 radical (unpaired) electrons. The van der Waals surface area contributed by atoms with E-state index in [2.05, 4.69) is 10.6 Å². The number of Topliss-reactive ketones (excluding diaryl/α,β-unsaturated/α-hetero) is 1. The smallest absolute Gasteiger partial charge is 0.326 e. The maximum absolute atomic E-state index is 11.8. The monoisotopic (exact) mass is 417 g/mol. The Balaban J connectivity index is 0. The normalized spacial score (nSPS) is 13.3. The van der Waals surface area contributed by atoms with Crippen LogP contribution in [-0.4, -0.2) is 58.4 Å². The number of carboxylic acid groups (broad SMARTS) is 2. The lowest BCUT2D eigenvalue weighted by molar-refractivity contribution is -0.142. The van der Waals surface area contributed by atoms with Crippen molar-refractivity contribution in [3.63, 3.8) is 0 Å². The van der Waals surface area contributed by atoms with Crippen molar-refractivity contribution in [2.24, 2.45) is 11.7 Å². The molecule has 0 unspecified atom stereocenters. The number of carbonyl (C=O) groups excluding carboxylic acids is 3. The van der Waals surface area contributed by atoms with Crippen molar-refractivity contribution in [3.8, 4) is 0 Å². The van der Waals surface area contributed by atoms with Crippen LogP contribution in [0.25, 0.3) is 0 Å². The Kier molecular flexibility index (Phi) is 15.3. The number of ketones is 1. The van der Waals surface area contributed by atoms with E-state index < -0.39 is 29.9 Å². The van der Waals surface area contributed by atoms with Crippen LogP contribution in [0.5, 0.6) is 0 Å². The minimum atomic E-state index is -1.28. The van der Waals surface area contributed by atoms with Gasteiger partial charge < -0.3 is 26.6 Å². The van der Waals surface area contributed by atoms with Gasteiger partial charge in [-0.25, -0.2) is 4.79 Å². The van der Waals surface area contributed by atoms with Crippen LogP contribution in [-0.2, 0) is 24.0 Å². The molecule has 0 heterocycles. The summed E-state index contributed by atoms with van der Waals surface area (Å²) in [6, 6.07) is -2.44. The van der Waals surface area contributed by atoms with Crippen molar-refractivity contribution < 1.29 is 34.2 Å². The van der Waals surface area contributed by atoms with Gasteiger partial charge in [-0.1, -0.05) is 20.8 Å². The molecule has 0 rings (SSSR count). The van der Waals surface area contributed by atoms with Crippen molar-refractivity contribution >= 4 is 29.5 Å². The molecule has 168 valence electrons. The number of hydrogen-bond acceptors (Lipinski definition) is 6. The van der Waals surface area contributed by atoms with Crippen LogP contribution < -0.4 is 16.4 Å². The third-order valence-electron chi connectivity index (χ3n) is 4.37. The molecular weight excluding hydrogens is 382 g/mol. The maximum atomic E-state index is 11.8. The van der Waals surface area contributed by atoms with E-state index in [1.807, 2.05) is 6.92 Å². The second-order valence-electron chi connectivity index (χ2n) is 6.84. The number of unbranched alkanes of at least 4 members (excludes halogenated alkanes) is 1. The molecule has 29 heavy (non-hydrogen) atoms. The predicted octanol–water partition coefficient (Wildman–Crippen LogP) is 0.676. The first-order valence-electron chi connectivity index (χ1n) is 9.32. The van der Waals surface area contributed by atoms with E-state index in [-0.39, 0.29) is 50.7 Å². The van der Waals surface area contributed by atoms with Crippen LogP contribution in [0.1, 0.15) is 66.2 Å². The highest BCUT2D eigenvalue weighted by Gasteiger charge is 2.22. The largest absolute Gasteiger partial charge is 0.480 e. The molecule has 0 spiro atoms. The summed E-state index contributed by atoms with van der Waals surface area (Å²) in [5, 5.41) is 22.7. The fraction of sp³-hybridized carbons (Fsp3) is 0.737. The Labute approximate surface area is 171 Å². The zero-order chi connectivity index (χ0) is 21.7. The van der Waals surface area contributed by atoms with Gasteiger partial charge in [0.05, 0.1) is 0 Å². The summed E-state index contributed by atoms with van der Waals surface area (Å²) in [4.78, 5) is 56.5. The molecular formula is C19H35N3O7. The molecule has 0 aromatic heterocycles. The first-order valence-corrected chi connectivity index (χ1v) is 9.32. The van der Waals surface area contributed by atoms with Gasteiger partial charge in [0.15, 0.2) is 0 Å². The quantitative estimate of drug-likeness (QED) is 0.241. The minimum absolute atomic E-state index is 0. The van der Waals surface area contributed by atoms with Gasteiger partial charge in [0.25, 0.3) is 0 Å². The van der Waals surface area contributed by atoms with Gasteiger partial charge in [-0.05, 0) is 32.6 Å². The summed E-state index contributed by atoms with van der Waals surface area (Å²) < 4.78 is 0. The van der Waals surface area contributed by atoms with Gasteiger partial charge >= 0.3 is 11.9 Å². The number of amides is 2. The molecule has 0 aliphatic carbocycles. The molecule has 0 saturated heterocycles. The summed E-state index contributed by atoms with van der Waals surface area (Å²) in [6.07, 6.45) is 1.77. The molecule has 2 amide bonds. The van der Waals surface area contributed by atoms with Gasteiger partial charge in [0, 0.05) is 25.3 Å². The van der Waals surface area contributed by atoms with Gasteiger partial charge in [-0.15, -0.1) is 0 Å². The number of nitrogens with two attached hydrogens (primary N) is 1. The van der Waals surface area contributed by atoms with Crippen LogP contribution >= 0.6 is 0 Å².